The van der Waals surface area contributed by atoms with Gasteiger partial charge in [-0.05, 0) is 47.2 Å². The molecule has 1 fully saturated rings. The third kappa shape index (κ3) is 4.66. The Morgan fingerprint density at radius 1 is 0.943 bits per heavy atom. The van der Waals surface area contributed by atoms with E-state index in [1.54, 1.807) is 17.1 Å². The molecule has 4 aromatic rings. The molecule has 1 heterocycles. The van der Waals surface area contributed by atoms with Gasteiger partial charge in [0.25, 0.3) is 0 Å². The van der Waals surface area contributed by atoms with Crippen LogP contribution in [0.3, 0.4) is 0 Å². The number of imidazole rings is 1. The van der Waals surface area contributed by atoms with Gasteiger partial charge in [-0.1, -0.05) is 66.7 Å². The van der Waals surface area contributed by atoms with Gasteiger partial charge in [0.05, 0.1) is 18.7 Å². The minimum atomic E-state index is -0.548. The lowest BCUT2D eigenvalue weighted by molar-refractivity contribution is -0.143. The molecular weight excluding hydrogens is 442 g/mol. The number of esters is 1. The van der Waals surface area contributed by atoms with Crippen LogP contribution in [0.15, 0.2) is 91.4 Å². The molecule has 1 aromatic heterocycles. The molecule has 0 atom stereocenters. The molecule has 0 unspecified atom stereocenters. The summed E-state index contributed by atoms with van der Waals surface area (Å²) >= 11 is 0. The average Bonchev–Trinajstić information content (AvgIpc) is 3.60. The first kappa shape index (κ1) is 22.4. The quantitative estimate of drug-likeness (QED) is 0.363. The molecule has 7 nitrogen and oxygen atoms in total. The number of ether oxygens (including phenoxy) is 2. The van der Waals surface area contributed by atoms with Gasteiger partial charge >= 0.3 is 12.1 Å². The topological polar surface area (TPSA) is 82.5 Å². The molecule has 7 heteroatoms. The standard InChI is InChI=1S/C28H25N3O4/c1-34-26(32)28(15-16-28)23-11-7-21(8-12-23)22-9-13-24(14-10-22)31-19-29-17-25(31)30-27(33)35-18-20-5-3-2-4-6-20/h2-14,17,19H,15-16,18H2,1H3,(H,30,33). The lowest BCUT2D eigenvalue weighted by atomic mass is 9.94. The van der Waals surface area contributed by atoms with Gasteiger partial charge in [-0.3, -0.25) is 14.7 Å². The SMILES string of the molecule is COC(=O)C1(c2ccc(-c3ccc(-n4cncc4NC(=O)OCc4ccccc4)cc3)cc2)CC1. The fourth-order valence-electron chi connectivity index (χ4n) is 4.18. The van der Waals surface area contributed by atoms with Crippen molar-refractivity contribution in [1.29, 1.82) is 0 Å². The Morgan fingerprint density at radius 2 is 1.60 bits per heavy atom. The van der Waals surface area contributed by atoms with Crippen LogP contribution in [0.1, 0.15) is 24.0 Å². The highest BCUT2D eigenvalue weighted by Gasteiger charge is 2.52. The molecular formula is C28H25N3O4. The molecule has 1 aliphatic rings. The third-order valence-electron chi connectivity index (χ3n) is 6.32. The first-order valence-corrected chi connectivity index (χ1v) is 11.4. The zero-order chi connectivity index (χ0) is 24.3. The second kappa shape index (κ2) is 9.46. The highest BCUT2D eigenvalue weighted by Crippen LogP contribution is 2.49. The van der Waals surface area contributed by atoms with E-state index in [2.05, 4.69) is 10.3 Å². The van der Waals surface area contributed by atoms with Crippen molar-refractivity contribution < 1.29 is 19.1 Å². The monoisotopic (exact) mass is 467 g/mol. The Balaban J connectivity index is 1.26. The molecule has 0 radical (unpaired) electrons. The van der Waals surface area contributed by atoms with Crippen molar-refractivity contribution in [3.05, 3.63) is 103 Å². The summed E-state index contributed by atoms with van der Waals surface area (Å²) in [5.41, 5.74) is 4.39. The molecule has 1 N–H and O–H groups in total. The van der Waals surface area contributed by atoms with Crippen molar-refractivity contribution in [3.63, 3.8) is 0 Å². The lowest BCUT2D eigenvalue weighted by Crippen LogP contribution is -2.21. The van der Waals surface area contributed by atoms with Gasteiger partial charge in [0.2, 0.25) is 0 Å². The lowest BCUT2D eigenvalue weighted by Gasteiger charge is -2.14. The first-order chi connectivity index (χ1) is 17.1. The van der Waals surface area contributed by atoms with E-state index in [0.29, 0.717) is 5.82 Å². The summed E-state index contributed by atoms with van der Waals surface area (Å²) in [6.07, 6.45) is 4.32. The van der Waals surface area contributed by atoms with Crippen LogP contribution in [-0.2, 0) is 26.3 Å². The fourth-order valence-corrected chi connectivity index (χ4v) is 4.18. The molecule has 1 amide bonds. The van der Waals surface area contributed by atoms with E-state index in [4.69, 9.17) is 9.47 Å². The molecule has 1 aliphatic carbocycles. The summed E-state index contributed by atoms with van der Waals surface area (Å²) in [7, 11) is 1.44. The molecule has 0 aliphatic heterocycles. The van der Waals surface area contributed by atoms with Crippen LogP contribution < -0.4 is 5.32 Å². The van der Waals surface area contributed by atoms with Gasteiger partial charge < -0.3 is 9.47 Å². The number of nitrogens with zero attached hydrogens (tertiary/aromatic N) is 2. The van der Waals surface area contributed by atoms with Gasteiger partial charge in [0.15, 0.2) is 0 Å². The normalized spacial score (nSPS) is 13.6. The van der Waals surface area contributed by atoms with Gasteiger partial charge in [-0.2, -0.15) is 0 Å². The number of carbonyl (C=O) groups excluding carboxylic acids is 2. The predicted molar refractivity (Wildman–Crippen MR) is 132 cm³/mol. The number of hydrogen-bond donors (Lipinski definition) is 1. The molecule has 0 saturated heterocycles. The Hall–Kier alpha value is -4.39. The van der Waals surface area contributed by atoms with Crippen molar-refractivity contribution in [2.75, 3.05) is 12.4 Å². The van der Waals surface area contributed by atoms with E-state index >= 15 is 0 Å². The smallest absolute Gasteiger partial charge is 0.413 e. The number of benzene rings is 3. The van der Waals surface area contributed by atoms with Crippen LogP contribution in [0.4, 0.5) is 10.6 Å². The number of amides is 1. The van der Waals surface area contributed by atoms with Crippen LogP contribution in [-0.4, -0.2) is 28.7 Å². The Bertz CT molecular complexity index is 1320. The molecule has 0 bridgehead atoms. The number of methoxy groups -OCH3 is 1. The Kier molecular flexibility index (Phi) is 6.06. The number of nitrogens with one attached hydrogen (secondary N) is 1. The molecule has 176 valence electrons. The van der Waals surface area contributed by atoms with Gasteiger partial charge in [-0.25, -0.2) is 9.78 Å². The highest BCUT2D eigenvalue weighted by atomic mass is 16.5. The van der Waals surface area contributed by atoms with Crippen LogP contribution in [0.25, 0.3) is 16.8 Å². The number of anilines is 1. The van der Waals surface area contributed by atoms with Gasteiger partial charge in [-0.15, -0.1) is 0 Å². The predicted octanol–water partition coefficient (Wildman–Crippen LogP) is 5.49. The van der Waals surface area contributed by atoms with Crippen LogP contribution in [0.5, 0.6) is 0 Å². The number of carbonyl (C=O) groups is 2. The van der Waals surface area contributed by atoms with Crippen molar-refractivity contribution in [2.24, 2.45) is 0 Å². The highest BCUT2D eigenvalue weighted by molar-refractivity contribution is 5.87. The summed E-state index contributed by atoms with van der Waals surface area (Å²) in [5, 5.41) is 2.75. The van der Waals surface area contributed by atoms with Crippen LogP contribution in [0, 0.1) is 0 Å². The van der Waals surface area contributed by atoms with Crippen molar-refractivity contribution in [3.8, 4) is 16.8 Å². The van der Waals surface area contributed by atoms with E-state index in [-0.39, 0.29) is 12.6 Å². The maximum absolute atomic E-state index is 12.3. The summed E-state index contributed by atoms with van der Waals surface area (Å²) < 4.78 is 12.1. The van der Waals surface area contributed by atoms with Crippen molar-refractivity contribution in [1.82, 2.24) is 9.55 Å². The van der Waals surface area contributed by atoms with Gasteiger partial charge in [0, 0.05) is 5.69 Å². The van der Waals surface area contributed by atoms with Crippen LogP contribution in [0.2, 0.25) is 0 Å². The molecule has 35 heavy (non-hydrogen) atoms. The zero-order valence-corrected chi connectivity index (χ0v) is 19.3. The molecule has 0 spiro atoms. The minimum Gasteiger partial charge on any atom is -0.468 e. The summed E-state index contributed by atoms with van der Waals surface area (Å²) in [6.45, 7) is 0.190. The minimum absolute atomic E-state index is 0.164. The summed E-state index contributed by atoms with van der Waals surface area (Å²) in [4.78, 5) is 28.6. The number of rotatable bonds is 7. The van der Waals surface area contributed by atoms with E-state index in [0.717, 1.165) is 40.8 Å². The molecule has 1 saturated carbocycles. The zero-order valence-electron chi connectivity index (χ0n) is 19.3. The summed E-state index contributed by atoms with van der Waals surface area (Å²) in [6, 6.07) is 25.5. The second-order valence-corrected chi connectivity index (χ2v) is 8.53. The van der Waals surface area contributed by atoms with Gasteiger partial charge in [0.1, 0.15) is 18.8 Å². The number of aromatic nitrogens is 2. The molecule has 3 aromatic carbocycles. The van der Waals surface area contributed by atoms with Crippen molar-refractivity contribution >= 4 is 17.9 Å². The maximum atomic E-state index is 12.3. The van der Waals surface area contributed by atoms with Crippen LogP contribution >= 0.6 is 0 Å². The van der Waals surface area contributed by atoms with E-state index in [9.17, 15) is 9.59 Å². The Labute approximate surface area is 203 Å². The largest absolute Gasteiger partial charge is 0.468 e. The number of hydrogen-bond acceptors (Lipinski definition) is 5. The van der Waals surface area contributed by atoms with E-state index in [1.165, 1.54) is 7.11 Å². The fraction of sp³-hybridized carbons (Fsp3) is 0.179. The second-order valence-electron chi connectivity index (χ2n) is 8.53. The summed E-state index contributed by atoms with van der Waals surface area (Å²) in [5.74, 6) is 0.348. The third-order valence-corrected chi connectivity index (χ3v) is 6.32. The van der Waals surface area contributed by atoms with E-state index in [1.807, 2.05) is 78.9 Å². The molecule has 5 rings (SSSR count). The average molecular weight is 468 g/mol. The Morgan fingerprint density at radius 3 is 2.23 bits per heavy atom. The van der Waals surface area contributed by atoms with Crippen molar-refractivity contribution in [2.45, 2.75) is 24.9 Å². The maximum Gasteiger partial charge on any atom is 0.413 e. The first-order valence-electron chi connectivity index (χ1n) is 11.4. The van der Waals surface area contributed by atoms with E-state index < -0.39 is 11.5 Å².